The van der Waals surface area contributed by atoms with E-state index < -0.39 is 11.1 Å². The number of hydrogen-bond donors (Lipinski definition) is 3. The van der Waals surface area contributed by atoms with E-state index in [0.717, 1.165) is 25.7 Å². The highest BCUT2D eigenvalue weighted by molar-refractivity contribution is 5.85. The first-order valence-electron chi connectivity index (χ1n) is 6.01. The second kappa shape index (κ2) is 4.72. The van der Waals surface area contributed by atoms with Crippen molar-refractivity contribution in [1.29, 1.82) is 0 Å². The van der Waals surface area contributed by atoms with Crippen LogP contribution < -0.4 is 11.1 Å². The van der Waals surface area contributed by atoms with Crippen molar-refractivity contribution >= 4 is 5.91 Å². The molecule has 4 heteroatoms. The zero-order valence-electron chi connectivity index (χ0n) is 10.5. The summed E-state index contributed by atoms with van der Waals surface area (Å²) >= 11 is 0. The summed E-state index contributed by atoms with van der Waals surface area (Å²) in [5.74, 6) is 0.499. The standard InChI is InChI=1S/C12H24N2O2/c1-9-4-6-12(8-15,7-5-9)14-10(16)11(2,3)13/h9,15H,4-8,13H2,1-3H3,(H,14,16). The summed E-state index contributed by atoms with van der Waals surface area (Å²) in [7, 11) is 0. The first-order valence-corrected chi connectivity index (χ1v) is 6.01. The van der Waals surface area contributed by atoms with Crippen LogP contribution in [0.5, 0.6) is 0 Å². The maximum absolute atomic E-state index is 11.8. The molecule has 94 valence electrons. The van der Waals surface area contributed by atoms with Crippen molar-refractivity contribution < 1.29 is 9.90 Å². The van der Waals surface area contributed by atoms with E-state index in [1.165, 1.54) is 0 Å². The Labute approximate surface area is 97.6 Å². The molecule has 0 aliphatic heterocycles. The summed E-state index contributed by atoms with van der Waals surface area (Å²) in [5.41, 5.74) is 4.42. The minimum absolute atomic E-state index is 0.00153. The molecular formula is C12H24N2O2. The lowest BCUT2D eigenvalue weighted by Gasteiger charge is -2.40. The molecule has 0 spiro atoms. The molecule has 16 heavy (non-hydrogen) atoms. The van der Waals surface area contributed by atoms with Gasteiger partial charge in [0.25, 0.3) is 0 Å². The largest absolute Gasteiger partial charge is 0.394 e. The molecule has 0 atom stereocenters. The van der Waals surface area contributed by atoms with Gasteiger partial charge in [-0.3, -0.25) is 4.79 Å². The predicted molar refractivity (Wildman–Crippen MR) is 63.9 cm³/mol. The van der Waals surface area contributed by atoms with Crippen molar-refractivity contribution in [3.8, 4) is 0 Å². The van der Waals surface area contributed by atoms with E-state index in [9.17, 15) is 9.90 Å². The minimum atomic E-state index is -0.884. The number of aliphatic hydroxyl groups is 1. The second-order valence-electron chi connectivity index (χ2n) is 5.80. The van der Waals surface area contributed by atoms with Gasteiger partial charge in [0.15, 0.2) is 0 Å². The van der Waals surface area contributed by atoms with Gasteiger partial charge in [0.2, 0.25) is 5.91 Å². The Morgan fingerprint density at radius 1 is 1.50 bits per heavy atom. The molecule has 0 saturated heterocycles. The predicted octanol–water partition coefficient (Wildman–Crippen LogP) is 0.781. The summed E-state index contributed by atoms with van der Waals surface area (Å²) in [6, 6.07) is 0. The molecule has 4 N–H and O–H groups in total. The molecule has 1 fully saturated rings. The highest BCUT2D eigenvalue weighted by Crippen LogP contribution is 2.31. The molecule has 0 unspecified atom stereocenters. The van der Waals surface area contributed by atoms with Crippen LogP contribution in [0.25, 0.3) is 0 Å². The molecule has 1 rings (SSSR count). The van der Waals surface area contributed by atoms with Crippen molar-refractivity contribution in [3.05, 3.63) is 0 Å². The van der Waals surface area contributed by atoms with Gasteiger partial charge in [-0.2, -0.15) is 0 Å². The number of carbonyl (C=O) groups excluding carboxylic acids is 1. The van der Waals surface area contributed by atoms with Gasteiger partial charge in [-0.05, 0) is 45.4 Å². The van der Waals surface area contributed by atoms with E-state index >= 15 is 0 Å². The molecule has 0 aromatic rings. The van der Waals surface area contributed by atoms with E-state index in [4.69, 9.17) is 5.73 Å². The Balaban J connectivity index is 2.65. The molecule has 0 bridgehead atoms. The van der Waals surface area contributed by atoms with Crippen molar-refractivity contribution in [3.63, 3.8) is 0 Å². The number of rotatable bonds is 3. The Hall–Kier alpha value is -0.610. The van der Waals surface area contributed by atoms with Gasteiger partial charge in [0.1, 0.15) is 0 Å². The average Bonchev–Trinajstić information content (AvgIpc) is 2.20. The Morgan fingerprint density at radius 2 is 2.00 bits per heavy atom. The molecule has 0 heterocycles. The van der Waals surface area contributed by atoms with Crippen LogP contribution in [0.4, 0.5) is 0 Å². The fourth-order valence-corrected chi connectivity index (χ4v) is 2.04. The first-order chi connectivity index (χ1) is 7.29. The third kappa shape index (κ3) is 3.19. The zero-order valence-corrected chi connectivity index (χ0v) is 10.5. The number of amides is 1. The van der Waals surface area contributed by atoms with Crippen LogP contribution in [-0.2, 0) is 4.79 Å². The normalized spacial score (nSPS) is 31.2. The number of nitrogens with one attached hydrogen (secondary N) is 1. The first kappa shape index (κ1) is 13.5. The number of aliphatic hydroxyl groups excluding tert-OH is 1. The number of nitrogens with two attached hydrogens (primary N) is 1. The maximum Gasteiger partial charge on any atom is 0.240 e. The Morgan fingerprint density at radius 3 is 2.38 bits per heavy atom. The second-order valence-corrected chi connectivity index (χ2v) is 5.80. The molecular weight excluding hydrogens is 204 g/mol. The van der Waals surface area contributed by atoms with E-state index in [1.54, 1.807) is 13.8 Å². The van der Waals surface area contributed by atoms with Gasteiger partial charge in [-0.1, -0.05) is 6.92 Å². The summed E-state index contributed by atoms with van der Waals surface area (Å²) in [4.78, 5) is 11.8. The molecule has 0 aromatic heterocycles. The van der Waals surface area contributed by atoms with Gasteiger partial charge in [-0.25, -0.2) is 0 Å². The summed E-state index contributed by atoms with van der Waals surface area (Å²) in [6.45, 7) is 5.56. The van der Waals surface area contributed by atoms with Gasteiger partial charge < -0.3 is 16.2 Å². The lowest BCUT2D eigenvalue weighted by molar-refractivity contribution is -0.128. The highest BCUT2D eigenvalue weighted by Gasteiger charge is 2.37. The molecule has 1 amide bonds. The third-order valence-corrected chi connectivity index (χ3v) is 3.50. The van der Waals surface area contributed by atoms with Crippen LogP contribution in [0.2, 0.25) is 0 Å². The Kier molecular flexibility index (Phi) is 3.97. The zero-order chi connectivity index (χ0) is 12.4. The summed E-state index contributed by atoms with van der Waals surface area (Å²) < 4.78 is 0. The SMILES string of the molecule is CC1CCC(CO)(NC(=O)C(C)(C)N)CC1. The quantitative estimate of drug-likeness (QED) is 0.668. The molecule has 0 radical (unpaired) electrons. The van der Waals surface area contributed by atoms with Crippen LogP contribution >= 0.6 is 0 Å². The molecule has 0 aromatic carbocycles. The van der Waals surface area contributed by atoms with Crippen molar-refractivity contribution in [1.82, 2.24) is 5.32 Å². The maximum atomic E-state index is 11.8. The van der Waals surface area contributed by atoms with E-state index in [-0.39, 0.29) is 12.5 Å². The highest BCUT2D eigenvalue weighted by atomic mass is 16.3. The molecule has 1 aliphatic carbocycles. The van der Waals surface area contributed by atoms with Crippen LogP contribution in [0.3, 0.4) is 0 Å². The van der Waals surface area contributed by atoms with Gasteiger partial charge in [-0.15, -0.1) is 0 Å². The van der Waals surface area contributed by atoms with Crippen LogP contribution in [0.15, 0.2) is 0 Å². The number of carbonyl (C=O) groups is 1. The average molecular weight is 228 g/mol. The van der Waals surface area contributed by atoms with E-state index in [1.807, 2.05) is 0 Å². The fraction of sp³-hybridized carbons (Fsp3) is 0.917. The molecule has 1 saturated carbocycles. The smallest absolute Gasteiger partial charge is 0.240 e. The topological polar surface area (TPSA) is 75.3 Å². The van der Waals surface area contributed by atoms with Crippen LogP contribution in [0, 0.1) is 5.92 Å². The van der Waals surface area contributed by atoms with Gasteiger partial charge in [0.05, 0.1) is 17.7 Å². The van der Waals surface area contributed by atoms with E-state index in [2.05, 4.69) is 12.2 Å². The van der Waals surface area contributed by atoms with Crippen molar-refractivity contribution in [2.45, 2.75) is 57.5 Å². The summed E-state index contributed by atoms with van der Waals surface area (Å²) in [6.07, 6.45) is 3.77. The lowest BCUT2D eigenvalue weighted by atomic mass is 9.77. The summed E-state index contributed by atoms with van der Waals surface area (Å²) in [5, 5.41) is 12.4. The monoisotopic (exact) mass is 228 g/mol. The minimum Gasteiger partial charge on any atom is -0.394 e. The van der Waals surface area contributed by atoms with Gasteiger partial charge in [0, 0.05) is 0 Å². The van der Waals surface area contributed by atoms with Crippen LogP contribution in [-0.4, -0.2) is 28.7 Å². The van der Waals surface area contributed by atoms with Crippen molar-refractivity contribution in [2.24, 2.45) is 11.7 Å². The van der Waals surface area contributed by atoms with E-state index in [0.29, 0.717) is 5.92 Å². The van der Waals surface area contributed by atoms with Crippen molar-refractivity contribution in [2.75, 3.05) is 6.61 Å². The van der Waals surface area contributed by atoms with Crippen LogP contribution in [0.1, 0.15) is 46.5 Å². The number of hydrogen-bond acceptors (Lipinski definition) is 3. The fourth-order valence-electron chi connectivity index (χ4n) is 2.04. The lowest BCUT2D eigenvalue weighted by Crippen LogP contribution is -2.60. The molecule has 4 nitrogen and oxygen atoms in total. The Bertz CT molecular complexity index is 250. The van der Waals surface area contributed by atoms with Gasteiger partial charge >= 0.3 is 0 Å². The third-order valence-electron chi connectivity index (χ3n) is 3.50. The molecule has 1 aliphatic rings.